The topological polar surface area (TPSA) is 43.8 Å². The first-order chi connectivity index (χ1) is 9.04. The number of aryl methyl sites for hydroxylation is 1. The van der Waals surface area contributed by atoms with Crippen LogP contribution in [0.5, 0.6) is 0 Å². The lowest BCUT2D eigenvalue weighted by molar-refractivity contribution is 0.625. The molecule has 96 valence electrons. The van der Waals surface area contributed by atoms with E-state index in [4.69, 9.17) is 5.73 Å². The van der Waals surface area contributed by atoms with Crippen LogP contribution in [-0.2, 0) is 0 Å². The van der Waals surface area contributed by atoms with Gasteiger partial charge in [0.1, 0.15) is 11.6 Å². The van der Waals surface area contributed by atoms with E-state index in [-0.39, 0.29) is 17.6 Å². The first kappa shape index (κ1) is 11.6. The highest BCUT2D eigenvalue weighted by Crippen LogP contribution is 2.24. The van der Waals surface area contributed by atoms with Crippen molar-refractivity contribution in [3.63, 3.8) is 0 Å². The van der Waals surface area contributed by atoms with Crippen molar-refractivity contribution in [1.82, 2.24) is 9.55 Å². The SMILES string of the molecule is Cc1cc(F)cc(-n2c(N)nc3ccc(F)cc32)c1. The number of imidazole rings is 1. The first-order valence-corrected chi connectivity index (χ1v) is 5.75. The average molecular weight is 259 g/mol. The molecule has 0 aliphatic rings. The van der Waals surface area contributed by atoms with Crippen molar-refractivity contribution in [3.8, 4) is 5.69 Å². The summed E-state index contributed by atoms with van der Waals surface area (Å²) in [6.07, 6.45) is 0. The molecular formula is C14H11F2N3. The summed E-state index contributed by atoms with van der Waals surface area (Å²) >= 11 is 0. The Morgan fingerprint density at radius 2 is 1.84 bits per heavy atom. The van der Waals surface area contributed by atoms with Gasteiger partial charge in [0, 0.05) is 6.07 Å². The van der Waals surface area contributed by atoms with Gasteiger partial charge in [-0.25, -0.2) is 13.8 Å². The summed E-state index contributed by atoms with van der Waals surface area (Å²) in [5, 5.41) is 0. The van der Waals surface area contributed by atoms with Gasteiger partial charge in [-0.3, -0.25) is 4.57 Å². The van der Waals surface area contributed by atoms with Crippen LogP contribution in [0.1, 0.15) is 5.56 Å². The number of nitrogen functional groups attached to an aromatic ring is 1. The van der Waals surface area contributed by atoms with Crippen molar-refractivity contribution in [1.29, 1.82) is 0 Å². The summed E-state index contributed by atoms with van der Waals surface area (Å²) in [4.78, 5) is 4.14. The molecule has 3 nitrogen and oxygen atoms in total. The minimum absolute atomic E-state index is 0.200. The number of aromatic nitrogens is 2. The third-order valence-electron chi connectivity index (χ3n) is 2.93. The summed E-state index contributed by atoms with van der Waals surface area (Å²) in [6.45, 7) is 1.78. The van der Waals surface area contributed by atoms with Crippen molar-refractivity contribution in [3.05, 3.63) is 53.6 Å². The third kappa shape index (κ3) is 1.93. The summed E-state index contributed by atoms with van der Waals surface area (Å²) in [5.41, 5.74) is 8.22. The maximum absolute atomic E-state index is 13.5. The average Bonchev–Trinajstić information content (AvgIpc) is 2.63. The molecule has 0 spiro atoms. The van der Waals surface area contributed by atoms with Gasteiger partial charge in [0.05, 0.1) is 16.7 Å². The number of hydrogen-bond donors (Lipinski definition) is 1. The number of nitrogens with zero attached hydrogens (tertiary/aromatic N) is 2. The highest BCUT2D eigenvalue weighted by Gasteiger charge is 2.11. The lowest BCUT2D eigenvalue weighted by Crippen LogP contribution is -2.01. The molecule has 3 rings (SSSR count). The minimum atomic E-state index is -0.387. The Morgan fingerprint density at radius 1 is 1.05 bits per heavy atom. The predicted octanol–water partition coefficient (Wildman–Crippen LogP) is 3.19. The van der Waals surface area contributed by atoms with E-state index in [1.807, 2.05) is 0 Å². The lowest BCUT2D eigenvalue weighted by Gasteiger charge is -2.08. The number of halogens is 2. The Hall–Kier alpha value is -2.43. The van der Waals surface area contributed by atoms with Crippen LogP contribution in [-0.4, -0.2) is 9.55 Å². The first-order valence-electron chi connectivity index (χ1n) is 5.75. The summed E-state index contributed by atoms with van der Waals surface area (Å²) in [6, 6.07) is 8.72. The third-order valence-corrected chi connectivity index (χ3v) is 2.93. The molecule has 0 radical (unpaired) electrons. The lowest BCUT2D eigenvalue weighted by atomic mass is 10.2. The molecule has 0 unspecified atom stereocenters. The molecule has 5 heteroatoms. The van der Waals surface area contributed by atoms with Crippen molar-refractivity contribution >= 4 is 17.0 Å². The smallest absolute Gasteiger partial charge is 0.205 e. The molecule has 2 aromatic carbocycles. The molecule has 3 aromatic rings. The molecular weight excluding hydrogens is 248 g/mol. The van der Waals surface area contributed by atoms with Gasteiger partial charge in [0.15, 0.2) is 0 Å². The molecule has 0 aliphatic carbocycles. The molecule has 0 aliphatic heterocycles. The van der Waals surface area contributed by atoms with Crippen molar-refractivity contribution in [2.75, 3.05) is 5.73 Å². The normalized spacial score (nSPS) is 11.1. The number of hydrogen-bond acceptors (Lipinski definition) is 2. The van der Waals surface area contributed by atoms with Crippen LogP contribution >= 0.6 is 0 Å². The fourth-order valence-electron chi connectivity index (χ4n) is 2.18. The summed E-state index contributed by atoms with van der Waals surface area (Å²) < 4.78 is 28.4. The van der Waals surface area contributed by atoms with Gasteiger partial charge in [-0.05, 0) is 42.8 Å². The Balaban J connectivity index is 2.35. The van der Waals surface area contributed by atoms with Gasteiger partial charge in [0.2, 0.25) is 5.95 Å². The second kappa shape index (κ2) is 4.05. The zero-order valence-corrected chi connectivity index (χ0v) is 10.2. The van der Waals surface area contributed by atoms with Crippen LogP contribution in [0.4, 0.5) is 14.7 Å². The van der Waals surface area contributed by atoms with Gasteiger partial charge in [0.25, 0.3) is 0 Å². The predicted molar refractivity (Wildman–Crippen MR) is 70.1 cm³/mol. The standard InChI is InChI=1S/C14H11F2N3/c1-8-4-10(16)6-11(5-8)19-13-7-9(15)2-3-12(13)18-14(19)17/h2-7H,1H3,(H2,17,18). The fraction of sp³-hybridized carbons (Fsp3) is 0.0714. The van der Waals surface area contributed by atoms with E-state index in [0.29, 0.717) is 16.7 Å². The number of nitrogens with two attached hydrogens (primary N) is 1. The van der Waals surface area contributed by atoms with Crippen molar-refractivity contribution in [2.45, 2.75) is 6.92 Å². The van der Waals surface area contributed by atoms with E-state index in [9.17, 15) is 8.78 Å². The Labute approximate surface area is 108 Å². The monoisotopic (exact) mass is 259 g/mol. The van der Waals surface area contributed by atoms with Crippen LogP contribution in [0.3, 0.4) is 0 Å². The molecule has 0 fully saturated rings. The van der Waals surface area contributed by atoms with Crippen LogP contribution < -0.4 is 5.73 Å². The highest BCUT2D eigenvalue weighted by atomic mass is 19.1. The molecule has 2 N–H and O–H groups in total. The van der Waals surface area contributed by atoms with Gasteiger partial charge >= 0.3 is 0 Å². The molecule has 1 heterocycles. The fourth-order valence-corrected chi connectivity index (χ4v) is 2.18. The second-order valence-electron chi connectivity index (χ2n) is 4.43. The molecule has 0 saturated carbocycles. The molecule has 19 heavy (non-hydrogen) atoms. The van der Waals surface area contributed by atoms with E-state index < -0.39 is 0 Å². The maximum atomic E-state index is 13.5. The number of anilines is 1. The number of benzene rings is 2. The van der Waals surface area contributed by atoms with Crippen LogP contribution in [0, 0.1) is 18.6 Å². The number of rotatable bonds is 1. The maximum Gasteiger partial charge on any atom is 0.205 e. The van der Waals surface area contributed by atoms with Gasteiger partial charge in [-0.1, -0.05) is 0 Å². The molecule has 1 aromatic heterocycles. The van der Waals surface area contributed by atoms with Crippen molar-refractivity contribution < 1.29 is 8.78 Å². The zero-order chi connectivity index (χ0) is 13.6. The van der Waals surface area contributed by atoms with E-state index in [1.54, 1.807) is 19.1 Å². The number of fused-ring (bicyclic) bond motifs is 1. The summed E-state index contributed by atoms with van der Waals surface area (Å²) in [5.74, 6) is -0.556. The summed E-state index contributed by atoms with van der Waals surface area (Å²) in [7, 11) is 0. The largest absolute Gasteiger partial charge is 0.369 e. The van der Waals surface area contributed by atoms with E-state index in [1.165, 1.54) is 28.8 Å². The van der Waals surface area contributed by atoms with E-state index in [2.05, 4.69) is 4.98 Å². The van der Waals surface area contributed by atoms with E-state index in [0.717, 1.165) is 5.56 Å². The van der Waals surface area contributed by atoms with E-state index >= 15 is 0 Å². The van der Waals surface area contributed by atoms with Gasteiger partial charge < -0.3 is 5.73 Å². The molecule has 0 saturated heterocycles. The molecule has 0 bridgehead atoms. The zero-order valence-electron chi connectivity index (χ0n) is 10.2. The van der Waals surface area contributed by atoms with Crippen LogP contribution in [0.15, 0.2) is 36.4 Å². The molecule has 0 amide bonds. The molecule has 0 atom stereocenters. The van der Waals surface area contributed by atoms with Crippen LogP contribution in [0.25, 0.3) is 16.7 Å². The minimum Gasteiger partial charge on any atom is -0.369 e. The van der Waals surface area contributed by atoms with Gasteiger partial charge in [-0.2, -0.15) is 0 Å². The Kier molecular flexibility index (Phi) is 2.48. The second-order valence-corrected chi connectivity index (χ2v) is 4.43. The quantitative estimate of drug-likeness (QED) is 0.729. The highest BCUT2D eigenvalue weighted by molar-refractivity contribution is 5.80. The van der Waals surface area contributed by atoms with Gasteiger partial charge in [-0.15, -0.1) is 0 Å². The van der Waals surface area contributed by atoms with Crippen molar-refractivity contribution in [2.24, 2.45) is 0 Å². The Morgan fingerprint density at radius 3 is 2.58 bits per heavy atom. The van der Waals surface area contributed by atoms with Crippen LogP contribution in [0.2, 0.25) is 0 Å². The Bertz CT molecular complexity index is 757.